The van der Waals surface area contributed by atoms with Crippen molar-refractivity contribution >= 4 is 58.6 Å². The lowest BCUT2D eigenvalue weighted by Gasteiger charge is -2.12. The minimum Gasteiger partial charge on any atom is -0.119 e. The van der Waals surface area contributed by atoms with Gasteiger partial charge in [0.1, 0.15) is 0 Å². The molecule has 0 aromatic heterocycles. The van der Waals surface area contributed by atoms with Gasteiger partial charge in [0, 0.05) is 4.24 Å². The fourth-order valence-electron chi connectivity index (χ4n) is 10.3. The third-order valence-electron chi connectivity index (χ3n) is 15.4. The van der Waals surface area contributed by atoms with Crippen molar-refractivity contribution < 1.29 is 0 Å². The monoisotopic (exact) mass is 1110 g/mol. The van der Waals surface area contributed by atoms with Crippen LogP contribution in [0.1, 0.15) is 387 Å². The second kappa shape index (κ2) is 67.4. The normalized spacial score (nSPS) is 11.6. The highest BCUT2D eigenvalue weighted by Crippen LogP contribution is 2.39. The van der Waals surface area contributed by atoms with Crippen LogP contribution in [-0.4, -0.2) is 23.0 Å². The van der Waals surface area contributed by atoms with Gasteiger partial charge in [-0.05, 0) is 54.8 Å². The lowest BCUT2D eigenvalue weighted by molar-refractivity contribution is 0.538. The molecule has 0 atom stereocenters. The van der Waals surface area contributed by atoms with E-state index >= 15 is 0 Å². The van der Waals surface area contributed by atoms with Crippen molar-refractivity contribution in [3.8, 4) is 0 Å². The van der Waals surface area contributed by atoms with Gasteiger partial charge < -0.3 is 0 Å². The number of halogens is 1. The molecule has 0 N–H and O–H groups in total. The van der Waals surface area contributed by atoms with Gasteiger partial charge in [-0.2, -0.15) is 0 Å². The van der Waals surface area contributed by atoms with Crippen LogP contribution in [0.15, 0.2) is 19.6 Å². The van der Waals surface area contributed by atoms with E-state index in [4.69, 9.17) is 11.6 Å². The summed E-state index contributed by atoms with van der Waals surface area (Å²) in [5.41, 5.74) is 0. The number of hydrogen-bond donors (Lipinski definition) is 0. The van der Waals surface area contributed by atoms with E-state index in [9.17, 15) is 0 Å². The van der Waals surface area contributed by atoms with E-state index < -0.39 is 0 Å². The van der Waals surface area contributed by atoms with E-state index in [0.29, 0.717) is 0 Å². The molecule has 0 aromatic carbocycles. The molecule has 0 heterocycles. The molecule has 0 amide bonds. The quantitative estimate of drug-likeness (QED) is 0.0439. The Hall–Kier alpha value is 1.17. The molecule has 0 rings (SSSR count). The summed E-state index contributed by atoms with van der Waals surface area (Å²) in [6, 6.07) is 0. The third kappa shape index (κ3) is 62.2. The van der Waals surface area contributed by atoms with Crippen molar-refractivity contribution in [3.63, 3.8) is 0 Å². The highest BCUT2D eigenvalue weighted by molar-refractivity contribution is 8.22. The Morgan fingerprint density at radius 3 is 0.548 bits per heavy atom. The molecular weight excluding hydrogens is 980 g/mol. The maximum absolute atomic E-state index is 7.45. The standard InChI is InChI=1S/C68H133ClS4/c1-5-9-13-17-21-25-29-33-37-41-45-49-53-57-61-70-67(71-62-58-54-50-46-42-38-34-30-26-22-18-14-10-6-2)65-66(69)68(72-63-59-55-51-47-43-39-35-31-27-23-19-15-11-7-3)73-64-60-56-52-48-44-40-36-32-28-24-20-16-12-8-4/h65H,5-64H2,1-4H3. The molecule has 0 unspecified atom stereocenters. The Balaban J connectivity index is 5.13. The first-order valence-corrected chi connectivity index (χ1v) is 38.1. The molecule has 0 spiro atoms. The van der Waals surface area contributed by atoms with E-state index in [1.165, 1.54) is 391 Å². The van der Waals surface area contributed by atoms with Gasteiger partial charge in [0.25, 0.3) is 0 Å². The summed E-state index contributed by atoms with van der Waals surface area (Å²) in [4.78, 5) is 0. The summed E-state index contributed by atoms with van der Waals surface area (Å²) < 4.78 is 2.90. The average molecular weight is 1110 g/mol. The maximum Gasteiger partial charge on any atom is 0.0622 e. The van der Waals surface area contributed by atoms with Crippen molar-refractivity contribution in [2.75, 3.05) is 23.0 Å². The van der Waals surface area contributed by atoms with Gasteiger partial charge in [-0.3, -0.25) is 0 Å². The van der Waals surface area contributed by atoms with Crippen molar-refractivity contribution in [2.24, 2.45) is 0 Å². The Bertz CT molecular complexity index is 1000. The molecule has 73 heavy (non-hydrogen) atoms. The van der Waals surface area contributed by atoms with Crippen LogP contribution in [0.2, 0.25) is 0 Å². The van der Waals surface area contributed by atoms with Crippen LogP contribution in [0.5, 0.6) is 0 Å². The van der Waals surface area contributed by atoms with Gasteiger partial charge in [-0.15, -0.1) is 47.0 Å². The second-order valence-electron chi connectivity index (χ2n) is 22.9. The first-order chi connectivity index (χ1) is 36.2. The largest absolute Gasteiger partial charge is 0.119 e. The van der Waals surface area contributed by atoms with Crippen LogP contribution < -0.4 is 0 Å². The van der Waals surface area contributed by atoms with E-state index in [2.05, 4.69) is 80.8 Å². The molecule has 0 aliphatic rings. The fourth-order valence-corrected chi connectivity index (χ4v) is 15.5. The molecule has 0 nitrogen and oxygen atoms in total. The van der Waals surface area contributed by atoms with Gasteiger partial charge in [0.2, 0.25) is 0 Å². The van der Waals surface area contributed by atoms with Gasteiger partial charge in [-0.1, -0.05) is 373 Å². The summed E-state index contributed by atoms with van der Waals surface area (Å²) in [6.07, 6.45) is 82.4. The predicted octanol–water partition coefficient (Wildman–Crippen LogP) is 28.1. The van der Waals surface area contributed by atoms with E-state index in [-0.39, 0.29) is 0 Å². The molecule has 0 radical (unpaired) electrons. The van der Waals surface area contributed by atoms with Gasteiger partial charge in [-0.25, -0.2) is 0 Å². The Morgan fingerprint density at radius 2 is 0.370 bits per heavy atom. The number of rotatable bonds is 65. The molecule has 0 saturated carbocycles. The number of unbranched alkanes of at least 4 members (excludes halogenated alkanes) is 52. The van der Waals surface area contributed by atoms with Crippen molar-refractivity contribution in [2.45, 2.75) is 387 Å². The van der Waals surface area contributed by atoms with E-state index in [0.717, 1.165) is 5.03 Å². The minimum atomic E-state index is 1.04. The smallest absolute Gasteiger partial charge is 0.0622 e. The van der Waals surface area contributed by atoms with E-state index in [1.54, 1.807) is 0 Å². The van der Waals surface area contributed by atoms with Crippen LogP contribution in [0, 0.1) is 0 Å². The zero-order valence-corrected chi connectivity index (χ0v) is 54.5. The number of thioether (sulfide) groups is 4. The molecule has 0 aliphatic heterocycles. The number of hydrogen-bond acceptors (Lipinski definition) is 4. The first kappa shape index (κ1) is 74.2. The SMILES string of the molecule is CCCCCCCCCCCCCCCCSC(=CC(Cl)=C(SCCCCCCCCCCCCCCCC)SCCCCCCCCCCCCCCCC)SCCCCCCCCCCCCCCCC. The molecule has 0 bridgehead atoms. The zero-order valence-electron chi connectivity index (χ0n) is 50.5. The molecule has 0 aromatic rings. The Kier molecular flexibility index (Phi) is 68.5. The minimum absolute atomic E-state index is 1.04. The Labute approximate surface area is 485 Å². The second-order valence-corrected chi connectivity index (χ2v) is 28.3. The van der Waals surface area contributed by atoms with Crippen molar-refractivity contribution in [1.29, 1.82) is 0 Å². The fraction of sp³-hybridized carbons (Fsp3) is 0.941. The van der Waals surface area contributed by atoms with Crippen molar-refractivity contribution in [3.05, 3.63) is 19.6 Å². The van der Waals surface area contributed by atoms with Gasteiger partial charge in [0.05, 0.1) is 9.27 Å². The molecule has 436 valence electrons. The van der Waals surface area contributed by atoms with Crippen LogP contribution in [0.25, 0.3) is 0 Å². The van der Waals surface area contributed by atoms with Crippen LogP contribution in [0.3, 0.4) is 0 Å². The average Bonchev–Trinajstić information content (AvgIpc) is 3.39. The van der Waals surface area contributed by atoms with Gasteiger partial charge >= 0.3 is 0 Å². The lowest BCUT2D eigenvalue weighted by Crippen LogP contribution is -1.89. The highest BCUT2D eigenvalue weighted by atomic mass is 35.5. The lowest BCUT2D eigenvalue weighted by atomic mass is 10.0. The van der Waals surface area contributed by atoms with Crippen molar-refractivity contribution in [1.82, 2.24) is 0 Å². The number of allylic oxidation sites excluding steroid dienone is 2. The first-order valence-electron chi connectivity index (χ1n) is 33.8. The summed E-state index contributed by atoms with van der Waals surface area (Å²) >= 11 is 15.9. The molecule has 5 heteroatoms. The summed E-state index contributed by atoms with van der Waals surface area (Å²) in [5.74, 6) is 4.93. The summed E-state index contributed by atoms with van der Waals surface area (Å²) in [7, 11) is 0. The summed E-state index contributed by atoms with van der Waals surface area (Å²) in [6.45, 7) is 9.28. The summed E-state index contributed by atoms with van der Waals surface area (Å²) in [5, 5.41) is 1.04. The predicted molar refractivity (Wildman–Crippen MR) is 352 cm³/mol. The van der Waals surface area contributed by atoms with Crippen LogP contribution in [-0.2, 0) is 0 Å². The molecular formula is C68H133ClS4. The van der Waals surface area contributed by atoms with E-state index in [1.807, 2.05) is 0 Å². The highest BCUT2D eigenvalue weighted by Gasteiger charge is 2.10. The van der Waals surface area contributed by atoms with Gasteiger partial charge in [0.15, 0.2) is 0 Å². The molecule has 0 saturated heterocycles. The zero-order chi connectivity index (χ0) is 52.7. The van der Waals surface area contributed by atoms with Crippen LogP contribution >= 0.6 is 58.6 Å². The van der Waals surface area contributed by atoms with Crippen LogP contribution in [0.4, 0.5) is 0 Å². The third-order valence-corrected chi connectivity index (χ3v) is 21.1. The molecule has 0 fully saturated rings. The topological polar surface area (TPSA) is 0 Å². The molecule has 0 aliphatic carbocycles. The Morgan fingerprint density at radius 1 is 0.219 bits per heavy atom. The maximum atomic E-state index is 7.45.